The van der Waals surface area contributed by atoms with Crippen molar-refractivity contribution < 1.29 is 13.2 Å². The van der Waals surface area contributed by atoms with Crippen molar-refractivity contribution >= 4 is 28.3 Å². The van der Waals surface area contributed by atoms with Gasteiger partial charge < -0.3 is 10.2 Å². The minimum atomic E-state index is -3.41. The monoisotopic (exact) mass is 401 g/mol. The van der Waals surface area contributed by atoms with Crippen LogP contribution < -0.4 is 5.32 Å². The molecule has 146 valence electrons. The Labute approximate surface area is 162 Å². The zero-order valence-corrected chi connectivity index (χ0v) is 16.8. The van der Waals surface area contributed by atoms with E-state index in [1.54, 1.807) is 33.5 Å². The second-order valence-electron chi connectivity index (χ2n) is 6.94. The predicted molar refractivity (Wildman–Crippen MR) is 104 cm³/mol. The Balaban J connectivity index is 0.00000243. The molecule has 0 spiro atoms. The number of hydrogen-bond donors (Lipinski definition) is 1. The highest BCUT2D eigenvalue weighted by Gasteiger charge is 2.26. The van der Waals surface area contributed by atoms with Gasteiger partial charge in [-0.2, -0.15) is 4.31 Å². The molecule has 1 atom stereocenters. The quantitative estimate of drug-likeness (QED) is 0.814. The van der Waals surface area contributed by atoms with E-state index in [-0.39, 0.29) is 24.4 Å². The Morgan fingerprint density at radius 2 is 1.85 bits per heavy atom. The molecular weight excluding hydrogens is 374 g/mol. The first-order chi connectivity index (χ1) is 12.0. The van der Waals surface area contributed by atoms with Crippen LogP contribution in [0.25, 0.3) is 0 Å². The van der Waals surface area contributed by atoms with Crippen molar-refractivity contribution in [2.75, 3.05) is 33.2 Å². The standard InChI is InChI=1S/C18H27N3O3S.ClH/c1-20(16-9-10-19-14-16)18(22)13-15-5-7-17(8-6-15)25(23,24)21-11-3-2-4-12-21;/h5-8,16,19H,2-4,9-14H2,1H3;1H. The summed E-state index contributed by atoms with van der Waals surface area (Å²) in [5, 5.41) is 3.26. The third-order valence-electron chi connectivity index (χ3n) is 5.21. The minimum Gasteiger partial charge on any atom is -0.341 e. The summed E-state index contributed by atoms with van der Waals surface area (Å²) in [6.45, 7) is 2.99. The van der Waals surface area contributed by atoms with Gasteiger partial charge in [0.15, 0.2) is 0 Å². The summed E-state index contributed by atoms with van der Waals surface area (Å²) in [6.07, 6.45) is 4.23. The van der Waals surface area contributed by atoms with Crippen molar-refractivity contribution in [1.82, 2.24) is 14.5 Å². The van der Waals surface area contributed by atoms with Crippen molar-refractivity contribution in [3.63, 3.8) is 0 Å². The molecule has 1 amide bonds. The van der Waals surface area contributed by atoms with Crippen molar-refractivity contribution in [2.45, 2.75) is 43.0 Å². The third kappa shape index (κ3) is 4.76. The summed E-state index contributed by atoms with van der Waals surface area (Å²) in [7, 11) is -1.56. The zero-order chi connectivity index (χ0) is 17.9. The summed E-state index contributed by atoms with van der Waals surface area (Å²) in [6, 6.07) is 7.03. The van der Waals surface area contributed by atoms with Gasteiger partial charge in [-0.3, -0.25) is 4.79 Å². The molecule has 3 rings (SSSR count). The van der Waals surface area contributed by atoms with E-state index in [0.717, 1.165) is 44.3 Å². The lowest BCUT2D eigenvalue weighted by molar-refractivity contribution is -0.130. The summed E-state index contributed by atoms with van der Waals surface area (Å²) in [4.78, 5) is 14.5. The first kappa shape index (κ1) is 21.2. The lowest BCUT2D eigenvalue weighted by Gasteiger charge is -2.26. The molecule has 8 heteroatoms. The van der Waals surface area contributed by atoms with E-state index in [1.165, 1.54) is 0 Å². The number of rotatable bonds is 5. The molecule has 1 unspecified atom stereocenters. The lowest BCUT2D eigenvalue weighted by atomic mass is 10.1. The number of halogens is 1. The van der Waals surface area contributed by atoms with Gasteiger partial charge in [0.2, 0.25) is 15.9 Å². The molecule has 0 radical (unpaired) electrons. The largest absolute Gasteiger partial charge is 0.341 e. The molecule has 2 aliphatic rings. The third-order valence-corrected chi connectivity index (χ3v) is 7.12. The van der Waals surface area contributed by atoms with Crippen LogP contribution in [-0.4, -0.2) is 62.8 Å². The zero-order valence-electron chi connectivity index (χ0n) is 15.2. The molecule has 0 bridgehead atoms. The van der Waals surface area contributed by atoms with E-state index in [2.05, 4.69) is 5.32 Å². The summed E-state index contributed by atoms with van der Waals surface area (Å²) in [5.41, 5.74) is 0.848. The average Bonchev–Trinajstić information content (AvgIpc) is 3.17. The van der Waals surface area contributed by atoms with Gasteiger partial charge >= 0.3 is 0 Å². The highest BCUT2D eigenvalue weighted by atomic mass is 35.5. The van der Waals surface area contributed by atoms with Crippen LogP contribution in [-0.2, 0) is 21.2 Å². The highest BCUT2D eigenvalue weighted by Crippen LogP contribution is 2.21. The molecule has 2 saturated heterocycles. The molecule has 26 heavy (non-hydrogen) atoms. The van der Waals surface area contributed by atoms with Gasteiger partial charge in [0, 0.05) is 32.7 Å². The number of likely N-dealkylation sites (N-methyl/N-ethyl adjacent to an activating group) is 1. The maximum absolute atomic E-state index is 12.6. The predicted octanol–water partition coefficient (Wildman–Crippen LogP) is 1.65. The first-order valence-electron chi connectivity index (χ1n) is 9.04. The smallest absolute Gasteiger partial charge is 0.243 e. The van der Waals surface area contributed by atoms with Crippen molar-refractivity contribution in [3.05, 3.63) is 29.8 Å². The summed E-state index contributed by atoms with van der Waals surface area (Å²) in [5.74, 6) is 0.0698. The van der Waals surface area contributed by atoms with E-state index >= 15 is 0 Å². The number of amides is 1. The fraction of sp³-hybridized carbons (Fsp3) is 0.611. The van der Waals surface area contributed by atoms with Gasteiger partial charge in [0.25, 0.3) is 0 Å². The molecule has 6 nitrogen and oxygen atoms in total. The lowest BCUT2D eigenvalue weighted by Crippen LogP contribution is -2.39. The van der Waals surface area contributed by atoms with Crippen LogP contribution >= 0.6 is 12.4 Å². The fourth-order valence-electron chi connectivity index (χ4n) is 3.51. The van der Waals surface area contributed by atoms with Crippen LogP contribution in [0.15, 0.2) is 29.2 Å². The van der Waals surface area contributed by atoms with E-state index in [4.69, 9.17) is 0 Å². The Hall–Kier alpha value is -1.15. The van der Waals surface area contributed by atoms with Crippen molar-refractivity contribution in [3.8, 4) is 0 Å². The molecule has 1 N–H and O–H groups in total. The first-order valence-corrected chi connectivity index (χ1v) is 10.5. The number of benzene rings is 1. The summed E-state index contributed by atoms with van der Waals surface area (Å²) < 4.78 is 26.9. The molecule has 0 aromatic heterocycles. The highest BCUT2D eigenvalue weighted by molar-refractivity contribution is 7.89. The number of carbonyl (C=O) groups excluding carboxylic acids is 1. The number of piperidine rings is 1. The SMILES string of the molecule is CN(C(=O)Cc1ccc(S(=O)(=O)N2CCCCC2)cc1)C1CCNC1.Cl. The van der Waals surface area contributed by atoms with Gasteiger partial charge in [-0.05, 0) is 43.5 Å². The molecule has 1 aromatic rings. The number of nitrogens with zero attached hydrogens (tertiary/aromatic N) is 2. The van der Waals surface area contributed by atoms with Crippen LogP contribution in [0.2, 0.25) is 0 Å². The summed E-state index contributed by atoms with van der Waals surface area (Å²) >= 11 is 0. The van der Waals surface area contributed by atoms with Crippen molar-refractivity contribution in [2.24, 2.45) is 0 Å². The van der Waals surface area contributed by atoms with Gasteiger partial charge in [-0.15, -0.1) is 12.4 Å². The van der Waals surface area contributed by atoms with E-state index in [0.29, 0.717) is 24.4 Å². The van der Waals surface area contributed by atoms with Crippen LogP contribution in [0.4, 0.5) is 0 Å². The van der Waals surface area contributed by atoms with Crippen LogP contribution in [0.1, 0.15) is 31.2 Å². The fourth-order valence-corrected chi connectivity index (χ4v) is 5.02. The van der Waals surface area contributed by atoms with E-state index in [9.17, 15) is 13.2 Å². The maximum Gasteiger partial charge on any atom is 0.243 e. The van der Waals surface area contributed by atoms with E-state index < -0.39 is 10.0 Å². The molecule has 2 fully saturated rings. The number of carbonyl (C=O) groups is 1. The molecule has 1 aromatic carbocycles. The maximum atomic E-state index is 12.6. The van der Waals surface area contributed by atoms with Gasteiger partial charge in [0.05, 0.1) is 11.3 Å². The van der Waals surface area contributed by atoms with Gasteiger partial charge in [-0.1, -0.05) is 18.6 Å². The minimum absolute atomic E-state index is 0. The molecule has 0 saturated carbocycles. The second kappa shape index (κ2) is 9.17. The van der Waals surface area contributed by atoms with Crippen LogP contribution in [0.3, 0.4) is 0 Å². The Bertz CT molecular complexity index is 697. The normalized spacial score (nSPS) is 21.2. The second-order valence-corrected chi connectivity index (χ2v) is 8.87. The Morgan fingerprint density at radius 1 is 1.19 bits per heavy atom. The number of nitrogens with one attached hydrogen (secondary N) is 1. The molecule has 2 heterocycles. The average molecular weight is 402 g/mol. The molecule has 0 aliphatic carbocycles. The topological polar surface area (TPSA) is 69.7 Å². The number of hydrogen-bond acceptors (Lipinski definition) is 4. The molecular formula is C18H28ClN3O3S. The van der Waals surface area contributed by atoms with E-state index in [1.807, 2.05) is 7.05 Å². The Morgan fingerprint density at radius 3 is 2.42 bits per heavy atom. The van der Waals surface area contributed by atoms with Gasteiger partial charge in [0.1, 0.15) is 0 Å². The van der Waals surface area contributed by atoms with Crippen LogP contribution in [0.5, 0.6) is 0 Å². The number of sulfonamides is 1. The molecule has 2 aliphatic heterocycles. The van der Waals surface area contributed by atoms with Crippen LogP contribution in [0, 0.1) is 0 Å². The Kier molecular flexibility index (Phi) is 7.46. The van der Waals surface area contributed by atoms with Crippen molar-refractivity contribution in [1.29, 1.82) is 0 Å². The van der Waals surface area contributed by atoms with Gasteiger partial charge in [-0.25, -0.2) is 8.42 Å².